The molecule has 1 heterocycles. The van der Waals surface area contributed by atoms with Crippen LogP contribution in [0.25, 0.3) is 10.9 Å². The van der Waals surface area contributed by atoms with Crippen molar-refractivity contribution < 1.29 is 14.3 Å². The highest BCUT2D eigenvalue weighted by Gasteiger charge is 2.40. The van der Waals surface area contributed by atoms with Crippen molar-refractivity contribution in [2.45, 2.75) is 39.7 Å². The van der Waals surface area contributed by atoms with Crippen LogP contribution in [0.5, 0.6) is 0 Å². The number of aromatic nitrogens is 1. The molecule has 5 nitrogen and oxygen atoms in total. The highest BCUT2D eigenvalue weighted by atomic mass is 16.5. The molecule has 1 N–H and O–H groups in total. The first-order valence-electron chi connectivity index (χ1n) is 13.8. The molecule has 0 radical (unpaired) electrons. The molecular weight excluding hydrogens is 508 g/mol. The molecule has 2 atom stereocenters. The van der Waals surface area contributed by atoms with Crippen molar-refractivity contribution in [1.29, 1.82) is 0 Å². The molecule has 206 valence electrons. The largest absolute Gasteiger partial charge is 0.457 e. The summed E-state index contributed by atoms with van der Waals surface area (Å²) in [7, 11) is 0. The molecule has 0 saturated carbocycles. The molecule has 1 amide bonds. The van der Waals surface area contributed by atoms with Gasteiger partial charge in [0, 0.05) is 24.4 Å². The molecule has 0 unspecified atom stereocenters. The molecule has 0 aliphatic carbocycles. The van der Waals surface area contributed by atoms with Gasteiger partial charge in [0.05, 0.1) is 17.1 Å². The van der Waals surface area contributed by atoms with Crippen molar-refractivity contribution in [3.8, 4) is 0 Å². The molecule has 0 bridgehead atoms. The normalized spacial score (nSPS) is 12.6. The maximum Gasteiger partial charge on any atom is 0.303 e. The van der Waals surface area contributed by atoms with Gasteiger partial charge in [0.25, 0.3) is 0 Å². The summed E-state index contributed by atoms with van der Waals surface area (Å²) >= 11 is 0. The summed E-state index contributed by atoms with van der Waals surface area (Å²) < 4.78 is 6.04. The van der Waals surface area contributed by atoms with Crippen LogP contribution in [0.4, 0.5) is 5.69 Å². The second-order valence-electron chi connectivity index (χ2n) is 10.6. The lowest BCUT2D eigenvalue weighted by Crippen LogP contribution is -2.36. The van der Waals surface area contributed by atoms with E-state index in [2.05, 4.69) is 34.6 Å². The first-order chi connectivity index (χ1) is 19.8. The van der Waals surface area contributed by atoms with Crippen LogP contribution in [-0.4, -0.2) is 16.9 Å². The van der Waals surface area contributed by atoms with Gasteiger partial charge in [-0.15, -0.1) is 0 Å². The molecule has 0 aliphatic rings. The number of para-hydroxylation sites is 1. The predicted octanol–water partition coefficient (Wildman–Crippen LogP) is 7.85. The van der Waals surface area contributed by atoms with Crippen LogP contribution in [0.1, 0.15) is 52.3 Å². The Morgan fingerprint density at radius 1 is 0.683 bits per heavy atom. The number of amides is 1. The second-order valence-corrected chi connectivity index (χ2v) is 10.6. The number of esters is 1. The van der Waals surface area contributed by atoms with E-state index >= 15 is 0 Å². The fourth-order valence-corrected chi connectivity index (χ4v) is 5.32. The van der Waals surface area contributed by atoms with Crippen LogP contribution in [0.2, 0.25) is 0 Å². The third-order valence-electron chi connectivity index (χ3n) is 7.45. The van der Waals surface area contributed by atoms with Gasteiger partial charge >= 0.3 is 5.97 Å². The molecule has 0 aliphatic heterocycles. The minimum atomic E-state index is -0.844. The Morgan fingerprint density at radius 2 is 1.20 bits per heavy atom. The summed E-state index contributed by atoms with van der Waals surface area (Å²) in [5, 5.41) is 4.09. The smallest absolute Gasteiger partial charge is 0.303 e. The van der Waals surface area contributed by atoms with Crippen molar-refractivity contribution >= 4 is 28.5 Å². The van der Waals surface area contributed by atoms with Crippen molar-refractivity contribution in [3.05, 3.63) is 143 Å². The van der Waals surface area contributed by atoms with Gasteiger partial charge in [-0.1, -0.05) is 108 Å². The first-order valence-corrected chi connectivity index (χ1v) is 13.8. The number of carbonyl (C=O) groups is 2. The van der Waals surface area contributed by atoms with E-state index in [-0.39, 0.29) is 5.91 Å². The number of ether oxygens (including phenoxy) is 1. The number of aryl methyl sites for hydroxylation is 3. The summed E-state index contributed by atoms with van der Waals surface area (Å²) in [5.74, 6) is -1.93. The van der Waals surface area contributed by atoms with Crippen LogP contribution in [0.3, 0.4) is 0 Å². The van der Waals surface area contributed by atoms with E-state index in [0.29, 0.717) is 11.2 Å². The van der Waals surface area contributed by atoms with Crippen LogP contribution in [0, 0.1) is 26.7 Å². The summed E-state index contributed by atoms with van der Waals surface area (Å²) in [4.78, 5) is 31.7. The van der Waals surface area contributed by atoms with Crippen molar-refractivity contribution in [3.63, 3.8) is 0 Å². The standard InChI is InChI=1S/C36H34N2O3/c1-23-10-16-27(17-11-23)32(28-18-12-24(2)13-19-28)33(35(41-26(4)39)30-20-14-25(3)15-21-30)36(40)38-31-9-5-7-29-8-6-22-37-34(29)31/h5-22,32-33,35H,1-4H3,(H,38,40)/t33-,35+/m1/s1. The Balaban J connectivity index is 1.71. The first kappa shape index (κ1) is 27.8. The fourth-order valence-electron chi connectivity index (χ4n) is 5.32. The maximum atomic E-state index is 14.6. The Hall–Kier alpha value is -4.77. The van der Waals surface area contributed by atoms with Gasteiger partial charge in [-0.05, 0) is 49.6 Å². The molecule has 0 fully saturated rings. The van der Waals surface area contributed by atoms with Gasteiger partial charge < -0.3 is 10.1 Å². The number of anilines is 1. The van der Waals surface area contributed by atoms with E-state index in [1.807, 2.05) is 99.6 Å². The lowest BCUT2D eigenvalue weighted by molar-refractivity contribution is -0.151. The summed E-state index contributed by atoms with van der Waals surface area (Å²) in [5.41, 5.74) is 7.29. The number of hydrogen-bond donors (Lipinski definition) is 1. The molecule has 0 spiro atoms. The third-order valence-corrected chi connectivity index (χ3v) is 7.45. The minimum Gasteiger partial charge on any atom is -0.457 e. The van der Waals surface area contributed by atoms with Crippen molar-refractivity contribution in [1.82, 2.24) is 4.98 Å². The van der Waals surface area contributed by atoms with Crippen LogP contribution >= 0.6 is 0 Å². The quantitative estimate of drug-likeness (QED) is 0.203. The van der Waals surface area contributed by atoms with E-state index in [9.17, 15) is 9.59 Å². The van der Waals surface area contributed by atoms with Gasteiger partial charge in [-0.3, -0.25) is 14.6 Å². The number of hydrogen-bond acceptors (Lipinski definition) is 4. The molecule has 1 aromatic heterocycles. The Kier molecular flexibility index (Phi) is 8.25. The number of rotatable bonds is 8. The maximum absolute atomic E-state index is 14.6. The minimum absolute atomic E-state index is 0.263. The van der Waals surface area contributed by atoms with E-state index in [0.717, 1.165) is 38.8 Å². The highest BCUT2D eigenvalue weighted by Crippen LogP contribution is 2.42. The van der Waals surface area contributed by atoms with Crippen molar-refractivity contribution in [2.75, 3.05) is 5.32 Å². The van der Waals surface area contributed by atoms with E-state index in [1.165, 1.54) is 6.92 Å². The van der Waals surface area contributed by atoms with Crippen LogP contribution in [0.15, 0.2) is 109 Å². The average molecular weight is 543 g/mol. The average Bonchev–Trinajstić information content (AvgIpc) is 2.97. The fraction of sp³-hybridized carbons (Fsp3) is 0.194. The van der Waals surface area contributed by atoms with Gasteiger partial charge in [0.2, 0.25) is 5.91 Å². The molecular formula is C36H34N2O3. The Morgan fingerprint density at radius 3 is 1.73 bits per heavy atom. The number of benzene rings is 4. The van der Waals surface area contributed by atoms with E-state index in [1.54, 1.807) is 6.20 Å². The van der Waals surface area contributed by atoms with E-state index in [4.69, 9.17) is 4.74 Å². The van der Waals surface area contributed by atoms with Crippen LogP contribution in [-0.2, 0) is 14.3 Å². The van der Waals surface area contributed by atoms with Gasteiger partial charge in [-0.2, -0.15) is 0 Å². The zero-order chi connectivity index (χ0) is 28.9. The molecule has 0 saturated heterocycles. The Labute approximate surface area is 241 Å². The summed E-state index contributed by atoms with van der Waals surface area (Å²) in [6, 6.07) is 33.8. The molecule has 4 aromatic carbocycles. The zero-order valence-corrected chi connectivity index (χ0v) is 23.8. The lowest BCUT2D eigenvalue weighted by Gasteiger charge is -2.33. The molecule has 5 heteroatoms. The predicted molar refractivity (Wildman–Crippen MR) is 164 cm³/mol. The highest BCUT2D eigenvalue weighted by molar-refractivity contribution is 6.01. The SMILES string of the molecule is CC(=O)O[C@@H](c1ccc(C)cc1)[C@H](C(=O)Nc1cccc2cccnc12)C(c1ccc(C)cc1)c1ccc(C)cc1. The molecule has 5 aromatic rings. The number of carbonyl (C=O) groups excluding carboxylic acids is 2. The lowest BCUT2D eigenvalue weighted by atomic mass is 9.75. The van der Waals surface area contributed by atoms with Gasteiger partial charge in [0.1, 0.15) is 6.10 Å². The van der Waals surface area contributed by atoms with Crippen molar-refractivity contribution in [2.24, 2.45) is 5.92 Å². The topological polar surface area (TPSA) is 68.3 Å². The number of pyridine rings is 1. The molecule has 5 rings (SSSR count). The monoisotopic (exact) mass is 542 g/mol. The number of fused-ring (bicyclic) bond motifs is 1. The second kappa shape index (κ2) is 12.2. The van der Waals surface area contributed by atoms with Gasteiger partial charge in [0.15, 0.2) is 0 Å². The summed E-state index contributed by atoms with van der Waals surface area (Å²) in [6.45, 7) is 7.47. The zero-order valence-electron chi connectivity index (χ0n) is 23.8. The third kappa shape index (κ3) is 6.36. The molecule has 41 heavy (non-hydrogen) atoms. The van der Waals surface area contributed by atoms with E-state index < -0.39 is 23.9 Å². The number of nitrogens with zero attached hydrogens (tertiary/aromatic N) is 1. The number of nitrogens with one attached hydrogen (secondary N) is 1. The van der Waals surface area contributed by atoms with Crippen LogP contribution < -0.4 is 5.32 Å². The van der Waals surface area contributed by atoms with Gasteiger partial charge in [-0.25, -0.2) is 0 Å². The summed E-state index contributed by atoms with van der Waals surface area (Å²) in [6.07, 6.45) is 0.869. The Bertz CT molecular complexity index is 1610.